The zero-order valence-electron chi connectivity index (χ0n) is 8.82. The maximum Gasteiger partial charge on any atom is 0.159 e. The van der Waals surface area contributed by atoms with Crippen LogP contribution in [0.4, 0.5) is 0 Å². The van der Waals surface area contributed by atoms with Gasteiger partial charge in [-0.3, -0.25) is 0 Å². The number of hydrogen-bond acceptors (Lipinski definition) is 3. The van der Waals surface area contributed by atoms with Gasteiger partial charge in [0.25, 0.3) is 0 Å². The summed E-state index contributed by atoms with van der Waals surface area (Å²) < 4.78 is 1.61. The fourth-order valence-corrected chi connectivity index (χ4v) is 1.72. The number of halogens is 1. The molecule has 0 amide bonds. The number of aryl methyl sites for hydroxylation is 3. The summed E-state index contributed by atoms with van der Waals surface area (Å²) in [7, 11) is 0. The lowest BCUT2D eigenvalue weighted by atomic mass is 10.4. The highest BCUT2D eigenvalue weighted by Crippen LogP contribution is 2.15. The Hall–Kier alpha value is -1.42. The van der Waals surface area contributed by atoms with Crippen molar-refractivity contribution in [2.75, 3.05) is 0 Å². The first-order valence-electron chi connectivity index (χ1n) is 4.61. The van der Waals surface area contributed by atoms with Gasteiger partial charge in [-0.2, -0.15) is 5.10 Å². The van der Waals surface area contributed by atoms with Crippen LogP contribution in [0.3, 0.4) is 0 Å². The summed E-state index contributed by atoms with van der Waals surface area (Å²) in [5.41, 5.74) is 1.77. The molecular formula is C10H11ClN4. The highest BCUT2D eigenvalue weighted by molar-refractivity contribution is 6.29. The van der Waals surface area contributed by atoms with E-state index < -0.39 is 0 Å². The van der Waals surface area contributed by atoms with Crippen LogP contribution in [0.1, 0.15) is 17.2 Å². The van der Waals surface area contributed by atoms with Gasteiger partial charge in [0, 0.05) is 11.8 Å². The Bertz CT molecular complexity index is 484. The highest BCUT2D eigenvalue weighted by atomic mass is 35.5. The molecule has 0 spiro atoms. The second kappa shape index (κ2) is 3.62. The van der Waals surface area contributed by atoms with E-state index in [0.717, 1.165) is 11.4 Å². The zero-order chi connectivity index (χ0) is 11.0. The minimum absolute atomic E-state index is 0.560. The molecule has 2 rings (SSSR count). The summed E-state index contributed by atoms with van der Waals surface area (Å²) in [5.74, 6) is 1.42. The van der Waals surface area contributed by atoms with Crippen molar-refractivity contribution < 1.29 is 0 Å². The minimum Gasteiger partial charge on any atom is -0.238 e. The van der Waals surface area contributed by atoms with Crippen LogP contribution >= 0.6 is 11.6 Å². The molecule has 0 aromatic carbocycles. The molecule has 2 heterocycles. The Kier molecular flexibility index (Phi) is 2.44. The van der Waals surface area contributed by atoms with Crippen LogP contribution in [0.2, 0.25) is 5.15 Å². The molecule has 2 aromatic rings. The number of nitrogens with zero attached hydrogens (tertiary/aromatic N) is 4. The largest absolute Gasteiger partial charge is 0.238 e. The molecule has 0 saturated heterocycles. The van der Waals surface area contributed by atoms with E-state index in [0.29, 0.717) is 16.8 Å². The lowest BCUT2D eigenvalue weighted by Gasteiger charge is -2.03. The Balaban J connectivity index is 2.58. The second-order valence-electron chi connectivity index (χ2n) is 3.43. The van der Waals surface area contributed by atoms with Gasteiger partial charge in [0.15, 0.2) is 5.82 Å². The molecule has 0 unspecified atom stereocenters. The molecular weight excluding hydrogens is 212 g/mol. The van der Waals surface area contributed by atoms with Crippen molar-refractivity contribution in [2.24, 2.45) is 0 Å². The molecule has 0 aliphatic rings. The van der Waals surface area contributed by atoms with E-state index in [9.17, 15) is 0 Å². The van der Waals surface area contributed by atoms with E-state index in [-0.39, 0.29) is 0 Å². The SMILES string of the molecule is Cc1cc(-n2nc(C)cc2Cl)nc(C)n1. The van der Waals surface area contributed by atoms with Gasteiger partial charge in [0.2, 0.25) is 0 Å². The summed E-state index contributed by atoms with van der Waals surface area (Å²) in [4.78, 5) is 8.48. The molecule has 0 fully saturated rings. The van der Waals surface area contributed by atoms with Crippen molar-refractivity contribution in [3.63, 3.8) is 0 Å². The third-order valence-electron chi connectivity index (χ3n) is 1.96. The smallest absolute Gasteiger partial charge is 0.159 e. The van der Waals surface area contributed by atoms with Crippen LogP contribution in [0, 0.1) is 20.8 Å². The maximum absolute atomic E-state index is 6.02. The summed E-state index contributed by atoms with van der Waals surface area (Å²) in [5, 5.41) is 4.82. The van der Waals surface area contributed by atoms with Crippen LogP contribution in [0.5, 0.6) is 0 Å². The molecule has 5 heteroatoms. The monoisotopic (exact) mass is 222 g/mol. The molecule has 15 heavy (non-hydrogen) atoms. The van der Waals surface area contributed by atoms with Gasteiger partial charge in [-0.1, -0.05) is 11.6 Å². The van der Waals surface area contributed by atoms with Crippen molar-refractivity contribution in [1.29, 1.82) is 0 Å². The van der Waals surface area contributed by atoms with E-state index in [1.54, 1.807) is 10.7 Å². The third-order valence-corrected chi connectivity index (χ3v) is 2.23. The van der Waals surface area contributed by atoms with E-state index in [1.807, 2.05) is 26.8 Å². The van der Waals surface area contributed by atoms with E-state index in [2.05, 4.69) is 15.1 Å². The first-order valence-corrected chi connectivity index (χ1v) is 4.99. The predicted molar refractivity (Wildman–Crippen MR) is 58.4 cm³/mol. The highest BCUT2D eigenvalue weighted by Gasteiger charge is 2.07. The second-order valence-corrected chi connectivity index (χ2v) is 3.82. The van der Waals surface area contributed by atoms with Crippen LogP contribution < -0.4 is 0 Å². The summed E-state index contributed by atoms with van der Waals surface area (Å²) >= 11 is 6.02. The molecule has 0 bridgehead atoms. The molecule has 0 aliphatic carbocycles. The lowest BCUT2D eigenvalue weighted by Crippen LogP contribution is -2.03. The quantitative estimate of drug-likeness (QED) is 0.743. The first-order chi connectivity index (χ1) is 7.06. The zero-order valence-corrected chi connectivity index (χ0v) is 9.58. The predicted octanol–water partition coefficient (Wildman–Crippen LogP) is 2.24. The Morgan fingerprint density at radius 1 is 1.07 bits per heavy atom. The van der Waals surface area contributed by atoms with Crippen LogP contribution in [0.15, 0.2) is 12.1 Å². The number of aromatic nitrogens is 4. The molecule has 0 saturated carbocycles. The van der Waals surface area contributed by atoms with Gasteiger partial charge in [0.1, 0.15) is 11.0 Å². The first kappa shape index (κ1) is 10.1. The van der Waals surface area contributed by atoms with Crippen molar-refractivity contribution in [1.82, 2.24) is 19.7 Å². The fraction of sp³-hybridized carbons (Fsp3) is 0.300. The normalized spacial score (nSPS) is 10.7. The molecule has 0 atom stereocenters. The van der Waals surface area contributed by atoms with Crippen LogP contribution in [-0.2, 0) is 0 Å². The van der Waals surface area contributed by atoms with Gasteiger partial charge >= 0.3 is 0 Å². The summed E-state index contributed by atoms with van der Waals surface area (Å²) in [6.07, 6.45) is 0. The summed E-state index contributed by atoms with van der Waals surface area (Å²) in [6, 6.07) is 3.65. The van der Waals surface area contributed by atoms with Gasteiger partial charge in [-0.15, -0.1) is 0 Å². The van der Waals surface area contributed by atoms with E-state index >= 15 is 0 Å². The Labute approximate surface area is 92.9 Å². The van der Waals surface area contributed by atoms with Gasteiger partial charge in [-0.25, -0.2) is 14.6 Å². The maximum atomic E-state index is 6.02. The lowest BCUT2D eigenvalue weighted by molar-refractivity contribution is 0.811. The minimum atomic E-state index is 0.560. The number of hydrogen-bond donors (Lipinski definition) is 0. The van der Waals surface area contributed by atoms with Crippen molar-refractivity contribution in [3.05, 3.63) is 34.5 Å². The van der Waals surface area contributed by atoms with Crippen molar-refractivity contribution in [3.8, 4) is 5.82 Å². The van der Waals surface area contributed by atoms with E-state index in [4.69, 9.17) is 11.6 Å². The molecule has 0 aliphatic heterocycles. The molecule has 0 radical (unpaired) electrons. The molecule has 0 N–H and O–H groups in total. The Morgan fingerprint density at radius 2 is 1.80 bits per heavy atom. The third kappa shape index (κ3) is 1.99. The molecule has 78 valence electrons. The van der Waals surface area contributed by atoms with Gasteiger partial charge < -0.3 is 0 Å². The average Bonchev–Trinajstić information content (AvgIpc) is 2.43. The van der Waals surface area contributed by atoms with Crippen molar-refractivity contribution in [2.45, 2.75) is 20.8 Å². The topological polar surface area (TPSA) is 43.6 Å². The van der Waals surface area contributed by atoms with Gasteiger partial charge in [0.05, 0.1) is 5.69 Å². The summed E-state index contributed by atoms with van der Waals surface area (Å²) in [6.45, 7) is 5.66. The Morgan fingerprint density at radius 3 is 2.33 bits per heavy atom. The molecule has 2 aromatic heterocycles. The van der Waals surface area contributed by atoms with E-state index in [1.165, 1.54) is 0 Å². The van der Waals surface area contributed by atoms with Crippen molar-refractivity contribution >= 4 is 11.6 Å². The average molecular weight is 223 g/mol. The standard InChI is InChI=1S/C10H11ClN4/c1-6-5-10(13-8(3)12-6)15-9(11)4-7(2)14-15/h4-5H,1-3H3. The van der Waals surface area contributed by atoms with Gasteiger partial charge in [-0.05, 0) is 26.8 Å². The molecule has 4 nitrogen and oxygen atoms in total. The van der Waals surface area contributed by atoms with Crippen LogP contribution in [0.25, 0.3) is 5.82 Å². The van der Waals surface area contributed by atoms with Crippen LogP contribution in [-0.4, -0.2) is 19.7 Å². The fourth-order valence-electron chi connectivity index (χ4n) is 1.43. The number of rotatable bonds is 1.